The third kappa shape index (κ3) is 3.68. The third-order valence-corrected chi connectivity index (χ3v) is 4.47. The minimum atomic E-state index is -0.329. The molecule has 7 heteroatoms. The molecule has 0 bridgehead atoms. The monoisotopic (exact) mass is 344 g/mol. The second-order valence-electron chi connectivity index (χ2n) is 5.13. The van der Waals surface area contributed by atoms with Crippen molar-refractivity contribution < 1.29 is 9.13 Å². The van der Waals surface area contributed by atoms with Crippen LogP contribution in [0.5, 0.6) is 5.75 Å². The van der Waals surface area contributed by atoms with Crippen LogP contribution >= 0.6 is 11.8 Å². The summed E-state index contributed by atoms with van der Waals surface area (Å²) < 4.78 is 19.9. The Morgan fingerprint density at radius 2 is 1.96 bits per heavy atom. The largest absolute Gasteiger partial charge is 0.497 e. The van der Waals surface area contributed by atoms with Gasteiger partial charge in [-0.15, -0.1) is 10.2 Å². The number of nitrogens with zero attached hydrogens (tertiary/aromatic N) is 3. The van der Waals surface area contributed by atoms with Crippen molar-refractivity contribution in [1.29, 1.82) is 0 Å². The van der Waals surface area contributed by atoms with Gasteiger partial charge in [0.25, 0.3) is 0 Å². The van der Waals surface area contributed by atoms with Gasteiger partial charge in [0.2, 0.25) is 5.16 Å². The summed E-state index contributed by atoms with van der Waals surface area (Å²) in [4.78, 5) is 0. The molecule has 0 amide bonds. The number of ether oxygens (including phenoxy) is 1. The van der Waals surface area contributed by atoms with E-state index in [2.05, 4.69) is 10.2 Å². The Morgan fingerprint density at radius 1 is 1.17 bits per heavy atom. The minimum Gasteiger partial charge on any atom is -0.497 e. The highest BCUT2D eigenvalue weighted by Crippen LogP contribution is 2.23. The van der Waals surface area contributed by atoms with Crippen LogP contribution in [-0.2, 0) is 6.42 Å². The van der Waals surface area contributed by atoms with E-state index < -0.39 is 0 Å². The van der Waals surface area contributed by atoms with E-state index in [0.717, 1.165) is 17.9 Å². The third-order valence-electron chi connectivity index (χ3n) is 3.53. The molecule has 5 nitrogen and oxygen atoms in total. The Kier molecular flexibility index (Phi) is 5.00. The fraction of sp³-hybridized carbons (Fsp3) is 0.176. The van der Waals surface area contributed by atoms with Crippen LogP contribution in [0, 0.1) is 5.82 Å². The van der Waals surface area contributed by atoms with E-state index in [0.29, 0.717) is 16.5 Å². The molecule has 0 unspecified atom stereocenters. The summed E-state index contributed by atoms with van der Waals surface area (Å²) >= 11 is 1.51. The molecule has 0 fully saturated rings. The van der Waals surface area contributed by atoms with Crippen LogP contribution in [0.15, 0.2) is 53.7 Å². The number of thioether (sulfide) groups is 1. The summed E-state index contributed by atoms with van der Waals surface area (Å²) in [7, 11) is 1.65. The van der Waals surface area contributed by atoms with Gasteiger partial charge >= 0.3 is 0 Å². The van der Waals surface area contributed by atoms with Crippen LogP contribution in [0.3, 0.4) is 0 Å². The quantitative estimate of drug-likeness (QED) is 0.550. The van der Waals surface area contributed by atoms with Crippen LogP contribution in [0.25, 0.3) is 11.4 Å². The van der Waals surface area contributed by atoms with Crippen LogP contribution in [0.4, 0.5) is 4.39 Å². The topological polar surface area (TPSA) is 66.0 Å². The molecular formula is C17H17FN4OS. The van der Waals surface area contributed by atoms with Gasteiger partial charge in [0, 0.05) is 11.3 Å². The molecule has 0 aliphatic heterocycles. The highest BCUT2D eigenvalue weighted by Gasteiger charge is 2.12. The second-order valence-corrected chi connectivity index (χ2v) is 6.20. The molecule has 1 heterocycles. The molecule has 2 aromatic carbocycles. The molecule has 0 atom stereocenters. The molecule has 0 spiro atoms. The van der Waals surface area contributed by atoms with Crippen LogP contribution in [-0.4, -0.2) is 27.7 Å². The highest BCUT2D eigenvalue weighted by molar-refractivity contribution is 7.99. The molecule has 0 radical (unpaired) electrons. The molecule has 3 aromatic rings. The molecule has 124 valence electrons. The number of hydrogen-bond acceptors (Lipinski definition) is 5. The molecule has 0 saturated carbocycles. The number of hydrogen-bond donors (Lipinski definition) is 1. The number of aromatic nitrogens is 3. The van der Waals surface area contributed by atoms with Crippen molar-refractivity contribution in [2.45, 2.75) is 11.6 Å². The summed E-state index contributed by atoms with van der Waals surface area (Å²) in [6.07, 6.45) is 0.872. The number of rotatable bonds is 6. The van der Waals surface area contributed by atoms with E-state index in [9.17, 15) is 4.39 Å². The lowest BCUT2D eigenvalue weighted by atomic mass is 10.2. The van der Waals surface area contributed by atoms with Crippen molar-refractivity contribution in [2.24, 2.45) is 0 Å². The van der Waals surface area contributed by atoms with Crippen LogP contribution in [0.1, 0.15) is 5.56 Å². The summed E-state index contributed by atoms with van der Waals surface area (Å²) in [6, 6.07) is 14.1. The average molecular weight is 344 g/mol. The normalized spacial score (nSPS) is 10.8. The van der Waals surface area contributed by atoms with Gasteiger partial charge < -0.3 is 10.6 Å². The summed E-state index contributed by atoms with van der Waals surface area (Å²) in [5.74, 6) is 7.80. The first-order valence-electron chi connectivity index (χ1n) is 7.39. The number of methoxy groups -OCH3 is 1. The van der Waals surface area contributed by atoms with Crippen molar-refractivity contribution in [3.05, 3.63) is 59.9 Å². The van der Waals surface area contributed by atoms with E-state index in [4.69, 9.17) is 10.6 Å². The highest BCUT2D eigenvalue weighted by atomic mass is 32.2. The molecule has 0 aliphatic carbocycles. The number of halogens is 1. The molecule has 0 aliphatic rings. The van der Waals surface area contributed by atoms with Gasteiger partial charge in [0.05, 0.1) is 7.11 Å². The number of aryl methyl sites for hydroxylation is 1. The van der Waals surface area contributed by atoms with E-state index in [1.54, 1.807) is 19.2 Å². The number of nitrogen functional groups attached to an aromatic ring is 1. The van der Waals surface area contributed by atoms with Gasteiger partial charge in [-0.25, -0.2) is 9.07 Å². The predicted molar refractivity (Wildman–Crippen MR) is 93.0 cm³/mol. The maximum atomic E-state index is 13.3. The Morgan fingerprint density at radius 3 is 2.67 bits per heavy atom. The smallest absolute Gasteiger partial charge is 0.210 e. The fourth-order valence-corrected chi connectivity index (χ4v) is 3.10. The maximum absolute atomic E-state index is 13.3. The van der Waals surface area contributed by atoms with Gasteiger partial charge in [0.1, 0.15) is 11.6 Å². The average Bonchev–Trinajstić information content (AvgIpc) is 2.96. The minimum absolute atomic E-state index is 0.329. The fourth-order valence-electron chi connectivity index (χ4n) is 2.25. The van der Waals surface area contributed by atoms with E-state index in [-0.39, 0.29) is 5.82 Å². The Bertz CT molecular complexity index is 820. The van der Waals surface area contributed by atoms with Gasteiger partial charge in [-0.2, -0.15) is 0 Å². The first-order chi connectivity index (χ1) is 11.7. The number of benzene rings is 2. The predicted octanol–water partition coefficient (Wildman–Crippen LogP) is 3.14. The zero-order valence-corrected chi connectivity index (χ0v) is 14.0. The summed E-state index contributed by atoms with van der Waals surface area (Å²) in [5.41, 5.74) is 1.81. The van der Waals surface area contributed by atoms with Crippen molar-refractivity contribution in [1.82, 2.24) is 14.9 Å². The lowest BCUT2D eigenvalue weighted by Gasteiger charge is -2.05. The molecular weight excluding hydrogens is 327 g/mol. The van der Waals surface area contributed by atoms with Crippen LogP contribution < -0.4 is 10.6 Å². The molecule has 3 rings (SSSR count). The van der Waals surface area contributed by atoms with Crippen molar-refractivity contribution in [2.75, 3.05) is 18.7 Å². The van der Waals surface area contributed by atoms with E-state index in [1.807, 2.05) is 24.3 Å². The van der Waals surface area contributed by atoms with Gasteiger partial charge in [0.15, 0.2) is 5.82 Å². The van der Waals surface area contributed by atoms with Crippen molar-refractivity contribution >= 4 is 11.8 Å². The summed E-state index contributed by atoms with van der Waals surface area (Å²) in [6.45, 7) is 0. The van der Waals surface area contributed by atoms with Crippen molar-refractivity contribution in [3.63, 3.8) is 0 Å². The lowest BCUT2D eigenvalue weighted by Crippen LogP contribution is -2.11. The van der Waals surface area contributed by atoms with Gasteiger partial charge in [-0.05, 0) is 36.2 Å². The van der Waals surface area contributed by atoms with Gasteiger partial charge in [-0.1, -0.05) is 36.0 Å². The second kappa shape index (κ2) is 7.35. The van der Waals surface area contributed by atoms with E-state index >= 15 is 0 Å². The number of nitrogens with two attached hydrogens (primary N) is 1. The first-order valence-corrected chi connectivity index (χ1v) is 8.38. The molecule has 0 saturated heterocycles. The van der Waals surface area contributed by atoms with Crippen molar-refractivity contribution in [3.8, 4) is 17.1 Å². The van der Waals surface area contributed by atoms with E-state index in [1.165, 1.54) is 34.1 Å². The Labute approximate surface area is 143 Å². The zero-order chi connectivity index (χ0) is 16.9. The lowest BCUT2D eigenvalue weighted by molar-refractivity contribution is 0.414. The van der Waals surface area contributed by atoms with Gasteiger partial charge in [-0.3, -0.25) is 0 Å². The molecule has 1 aromatic heterocycles. The maximum Gasteiger partial charge on any atom is 0.210 e. The SMILES string of the molecule is COc1ccc(CCSc2nnc(-c3cccc(F)c3)n2N)cc1. The zero-order valence-electron chi connectivity index (χ0n) is 13.1. The molecule has 2 N–H and O–H groups in total. The Hall–Kier alpha value is -2.54. The molecule has 24 heavy (non-hydrogen) atoms. The van der Waals surface area contributed by atoms with Crippen LogP contribution in [0.2, 0.25) is 0 Å². The standard InChI is InChI=1S/C17H17FN4OS/c1-23-15-7-5-12(6-8-15)9-10-24-17-21-20-16(22(17)19)13-3-2-4-14(18)11-13/h2-8,11H,9-10,19H2,1H3. The Balaban J connectivity index is 1.64. The summed E-state index contributed by atoms with van der Waals surface area (Å²) in [5, 5.41) is 8.75. The first kappa shape index (κ1) is 16.3.